The summed E-state index contributed by atoms with van der Waals surface area (Å²) in [5.41, 5.74) is 10.2. The normalized spacial score (nSPS) is 12.3. The molecule has 3 aromatic rings. The van der Waals surface area contributed by atoms with Crippen LogP contribution in [0.4, 0.5) is 5.69 Å². The van der Waals surface area contributed by atoms with Crippen molar-refractivity contribution in [3.8, 4) is 0 Å². The summed E-state index contributed by atoms with van der Waals surface area (Å²) in [4.78, 5) is 12.6. The first kappa shape index (κ1) is 15.2. The predicted molar refractivity (Wildman–Crippen MR) is 94.4 cm³/mol. The zero-order valence-corrected chi connectivity index (χ0v) is 13.6. The SMILES string of the molecule is Cc1ccc(N)cc1C(=O)N[C@H](C)c1cn(C)c2ccccc12. The minimum atomic E-state index is -0.102. The van der Waals surface area contributed by atoms with Crippen LogP contribution in [0.3, 0.4) is 0 Å². The summed E-state index contributed by atoms with van der Waals surface area (Å²) in [6, 6.07) is 13.5. The minimum Gasteiger partial charge on any atom is -0.399 e. The monoisotopic (exact) mass is 307 g/mol. The quantitative estimate of drug-likeness (QED) is 0.727. The fourth-order valence-electron chi connectivity index (χ4n) is 2.95. The Hall–Kier alpha value is -2.75. The zero-order chi connectivity index (χ0) is 16.6. The molecule has 0 spiro atoms. The summed E-state index contributed by atoms with van der Waals surface area (Å²) < 4.78 is 2.08. The summed E-state index contributed by atoms with van der Waals surface area (Å²) in [5, 5.41) is 4.24. The van der Waals surface area contributed by atoms with Crippen LogP contribution in [0, 0.1) is 6.92 Å². The van der Waals surface area contributed by atoms with Crippen LogP contribution in [0.5, 0.6) is 0 Å². The molecule has 4 nitrogen and oxygen atoms in total. The molecule has 23 heavy (non-hydrogen) atoms. The van der Waals surface area contributed by atoms with Crippen molar-refractivity contribution in [1.82, 2.24) is 9.88 Å². The van der Waals surface area contributed by atoms with Gasteiger partial charge in [0, 0.05) is 35.4 Å². The zero-order valence-electron chi connectivity index (χ0n) is 13.6. The molecule has 0 unspecified atom stereocenters. The average molecular weight is 307 g/mol. The van der Waals surface area contributed by atoms with Crippen LogP contribution in [0.2, 0.25) is 0 Å². The Morgan fingerprint density at radius 2 is 1.96 bits per heavy atom. The summed E-state index contributed by atoms with van der Waals surface area (Å²) in [5.74, 6) is -0.102. The summed E-state index contributed by atoms with van der Waals surface area (Å²) in [7, 11) is 2.02. The molecule has 0 aliphatic rings. The highest BCUT2D eigenvalue weighted by Crippen LogP contribution is 2.26. The largest absolute Gasteiger partial charge is 0.399 e. The van der Waals surface area contributed by atoms with E-state index in [4.69, 9.17) is 5.73 Å². The Labute approximate surface area is 135 Å². The van der Waals surface area contributed by atoms with Gasteiger partial charge in [0.1, 0.15) is 0 Å². The Balaban J connectivity index is 1.90. The van der Waals surface area contributed by atoms with Crippen LogP contribution in [-0.4, -0.2) is 10.5 Å². The highest BCUT2D eigenvalue weighted by atomic mass is 16.1. The van der Waals surface area contributed by atoms with Gasteiger partial charge in [0.25, 0.3) is 5.91 Å². The molecule has 1 heterocycles. The Morgan fingerprint density at radius 3 is 2.74 bits per heavy atom. The lowest BCUT2D eigenvalue weighted by molar-refractivity contribution is 0.0939. The van der Waals surface area contributed by atoms with Crippen molar-refractivity contribution in [2.24, 2.45) is 7.05 Å². The molecule has 4 heteroatoms. The number of aromatic nitrogens is 1. The molecule has 1 aromatic heterocycles. The molecule has 3 rings (SSSR count). The van der Waals surface area contributed by atoms with Crippen molar-refractivity contribution in [2.45, 2.75) is 19.9 Å². The number of aryl methyl sites for hydroxylation is 2. The molecule has 2 aromatic carbocycles. The van der Waals surface area contributed by atoms with Gasteiger partial charge in [-0.1, -0.05) is 24.3 Å². The van der Waals surface area contributed by atoms with E-state index >= 15 is 0 Å². The molecule has 1 atom stereocenters. The number of carbonyl (C=O) groups is 1. The predicted octanol–water partition coefficient (Wildman–Crippen LogP) is 3.56. The van der Waals surface area contributed by atoms with Crippen LogP contribution in [-0.2, 0) is 7.05 Å². The van der Waals surface area contributed by atoms with E-state index in [0.29, 0.717) is 11.3 Å². The highest BCUT2D eigenvalue weighted by Gasteiger charge is 2.17. The lowest BCUT2D eigenvalue weighted by Gasteiger charge is -2.15. The number of nitrogens with one attached hydrogen (secondary N) is 1. The van der Waals surface area contributed by atoms with Crippen LogP contribution < -0.4 is 11.1 Å². The number of para-hydroxylation sites is 1. The molecule has 1 amide bonds. The van der Waals surface area contributed by atoms with Gasteiger partial charge in [0.2, 0.25) is 0 Å². The lowest BCUT2D eigenvalue weighted by Crippen LogP contribution is -2.27. The lowest BCUT2D eigenvalue weighted by atomic mass is 10.0. The van der Waals surface area contributed by atoms with Gasteiger partial charge in [0.15, 0.2) is 0 Å². The number of carbonyl (C=O) groups excluding carboxylic acids is 1. The third-order valence-corrected chi connectivity index (χ3v) is 4.25. The van der Waals surface area contributed by atoms with Gasteiger partial charge < -0.3 is 15.6 Å². The molecule has 0 aliphatic heterocycles. The van der Waals surface area contributed by atoms with Crippen LogP contribution in [0.15, 0.2) is 48.7 Å². The fourth-order valence-corrected chi connectivity index (χ4v) is 2.95. The molecule has 3 N–H and O–H groups in total. The number of nitrogens with zero attached hydrogens (tertiary/aromatic N) is 1. The maximum atomic E-state index is 12.6. The smallest absolute Gasteiger partial charge is 0.252 e. The van der Waals surface area contributed by atoms with E-state index in [-0.39, 0.29) is 11.9 Å². The summed E-state index contributed by atoms with van der Waals surface area (Å²) in [6.07, 6.45) is 2.07. The molecule has 0 saturated heterocycles. The second kappa shape index (κ2) is 5.80. The second-order valence-electron chi connectivity index (χ2n) is 5.98. The first-order valence-corrected chi connectivity index (χ1v) is 7.68. The molecule has 0 radical (unpaired) electrons. The van der Waals surface area contributed by atoms with E-state index in [0.717, 1.165) is 22.0 Å². The summed E-state index contributed by atoms with van der Waals surface area (Å²) >= 11 is 0. The van der Waals surface area contributed by atoms with Crippen molar-refractivity contribution >= 4 is 22.5 Å². The number of nitrogens with two attached hydrogens (primary N) is 1. The van der Waals surface area contributed by atoms with Crippen LogP contribution in [0.1, 0.15) is 34.5 Å². The maximum absolute atomic E-state index is 12.6. The van der Waals surface area contributed by atoms with E-state index in [2.05, 4.69) is 28.2 Å². The van der Waals surface area contributed by atoms with Gasteiger partial charge in [-0.15, -0.1) is 0 Å². The van der Waals surface area contributed by atoms with E-state index in [1.165, 1.54) is 0 Å². The fraction of sp³-hybridized carbons (Fsp3) is 0.211. The summed E-state index contributed by atoms with van der Waals surface area (Å²) in [6.45, 7) is 3.91. The highest BCUT2D eigenvalue weighted by molar-refractivity contribution is 5.97. The molecule has 0 bridgehead atoms. The van der Waals surface area contributed by atoms with Crippen molar-refractivity contribution < 1.29 is 4.79 Å². The second-order valence-corrected chi connectivity index (χ2v) is 5.98. The Morgan fingerprint density at radius 1 is 1.22 bits per heavy atom. The van der Waals surface area contributed by atoms with E-state index in [1.54, 1.807) is 12.1 Å². The van der Waals surface area contributed by atoms with Crippen molar-refractivity contribution in [1.29, 1.82) is 0 Å². The molecule has 118 valence electrons. The van der Waals surface area contributed by atoms with Gasteiger partial charge in [-0.2, -0.15) is 0 Å². The Kier molecular flexibility index (Phi) is 3.82. The molecule has 0 fully saturated rings. The molecular formula is C19H21N3O. The maximum Gasteiger partial charge on any atom is 0.252 e. The molecule has 0 aliphatic carbocycles. The third kappa shape index (κ3) is 2.80. The number of anilines is 1. The topological polar surface area (TPSA) is 60.1 Å². The number of fused-ring (bicyclic) bond motifs is 1. The standard InChI is InChI=1S/C19H21N3O/c1-12-8-9-14(20)10-16(12)19(23)21-13(2)17-11-22(3)18-7-5-4-6-15(17)18/h4-11,13H,20H2,1-3H3,(H,21,23)/t13-/m1/s1. The Bertz CT molecular complexity index is 879. The van der Waals surface area contributed by atoms with Crippen LogP contribution >= 0.6 is 0 Å². The van der Waals surface area contributed by atoms with Gasteiger partial charge in [-0.3, -0.25) is 4.79 Å². The van der Waals surface area contributed by atoms with E-state index in [1.807, 2.05) is 39.1 Å². The number of rotatable bonds is 3. The number of nitrogen functional groups attached to an aromatic ring is 1. The molecule has 0 saturated carbocycles. The number of amides is 1. The van der Waals surface area contributed by atoms with Gasteiger partial charge in [0.05, 0.1) is 6.04 Å². The van der Waals surface area contributed by atoms with Gasteiger partial charge in [-0.25, -0.2) is 0 Å². The van der Waals surface area contributed by atoms with E-state index < -0.39 is 0 Å². The number of benzene rings is 2. The third-order valence-electron chi connectivity index (χ3n) is 4.25. The first-order chi connectivity index (χ1) is 11.0. The van der Waals surface area contributed by atoms with Gasteiger partial charge >= 0.3 is 0 Å². The van der Waals surface area contributed by atoms with Crippen molar-refractivity contribution in [3.05, 3.63) is 65.4 Å². The van der Waals surface area contributed by atoms with Crippen molar-refractivity contribution in [3.63, 3.8) is 0 Å². The minimum absolute atomic E-state index is 0.0885. The first-order valence-electron chi connectivity index (χ1n) is 7.68. The van der Waals surface area contributed by atoms with Crippen molar-refractivity contribution in [2.75, 3.05) is 5.73 Å². The molecular weight excluding hydrogens is 286 g/mol. The van der Waals surface area contributed by atoms with E-state index in [9.17, 15) is 4.79 Å². The average Bonchev–Trinajstić information content (AvgIpc) is 2.87. The number of hydrogen-bond donors (Lipinski definition) is 2. The van der Waals surface area contributed by atoms with Crippen LogP contribution in [0.25, 0.3) is 10.9 Å². The number of hydrogen-bond acceptors (Lipinski definition) is 2. The van der Waals surface area contributed by atoms with Gasteiger partial charge in [-0.05, 0) is 43.2 Å².